The molecule has 1 aromatic carbocycles. The molecule has 0 spiro atoms. The van der Waals surface area contributed by atoms with E-state index in [0.29, 0.717) is 9.99 Å². The van der Waals surface area contributed by atoms with Crippen LogP contribution in [0.5, 0.6) is 0 Å². The van der Waals surface area contributed by atoms with Gasteiger partial charge >= 0.3 is 5.97 Å². The van der Waals surface area contributed by atoms with Crippen LogP contribution in [0.15, 0.2) is 52.0 Å². The van der Waals surface area contributed by atoms with Gasteiger partial charge in [-0.25, -0.2) is 22.2 Å². The Hall–Kier alpha value is -1.71. The van der Waals surface area contributed by atoms with Gasteiger partial charge in [-0.3, -0.25) is 0 Å². The van der Waals surface area contributed by atoms with Gasteiger partial charge in [0, 0.05) is 10.7 Å². The van der Waals surface area contributed by atoms with Crippen LogP contribution in [0, 0.1) is 0 Å². The Bertz CT molecular complexity index is 1060. The molecule has 2 heterocycles. The summed E-state index contributed by atoms with van der Waals surface area (Å²) in [5, 5.41) is 0.543. The van der Waals surface area contributed by atoms with E-state index in [1.165, 1.54) is 19.2 Å². The lowest BCUT2D eigenvalue weighted by Gasteiger charge is -2.10. The zero-order valence-corrected chi connectivity index (χ0v) is 16.9. The number of rotatable bonds is 4. The second kappa shape index (κ2) is 6.89. The first-order valence-electron chi connectivity index (χ1n) is 7.06. The van der Waals surface area contributed by atoms with Crippen LogP contribution in [-0.2, 0) is 20.1 Å². The molecule has 6 nitrogen and oxygen atoms in total. The van der Waals surface area contributed by atoms with Crippen LogP contribution < -0.4 is 0 Å². The first-order valence-corrected chi connectivity index (χ1v) is 10.4. The molecule has 3 aromatic rings. The highest BCUT2D eigenvalue weighted by atomic mass is 79.9. The average molecular weight is 488 g/mol. The number of ether oxygens (including phenoxy) is 1. The van der Waals surface area contributed by atoms with E-state index in [1.54, 1.807) is 30.3 Å². The number of halogens is 2. The Morgan fingerprint density at radius 1 is 1.20 bits per heavy atom. The van der Waals surface area contributed by atoms with E-state index in [9.17, 15) is 13.2 Å². The van der Waals surface area contributed by atoms with Gasteiger partial charge in [0.25, 0.3) is 10.0 Å². The van der Waals surface area contributed by atoms with Crippen molar-refractivity contribution in [2.45, 2.75) is 10.2 Å². The van der Waals surface area contributed by atoms with Crippen molar-refractivity contribution >= 4 is 58.9 Å². The number of pyridine rings is 1. The topological polar surface area (TPSA) is 78.3 Å². The van der Waals surface area contributed by atoms with Gasteiger partial charge in [-0.15, -0.1) is 0 Å². The number of hydrogen-bond acceptors (Lipinski definition) is 5. The number of esters is 1. The number of carbonyl (C=O) groups is 1. The standard InChI is InChI=1S/C16H12Br2N2O4S/c1-24-16(21)14-11-7-8-13(18)19-15(11)20(12(14)9-17)25(22,23)10-5-3-2-4-6-10/h2-8H,9H2,1H3. The fourth-order valence-electron chi connectivity index (χ4n) is 2.57. The van der Waals surface area contributed by atoms with E-state index >= 15 is 0 Å². The molecular weight excluding hydrogens is 476 g/mol. The summed E-state index contributed by atoms with van der Waals surface area (Å²) in [7, 11) is -2.70. The predicted octanol–water partition coefficient (Wildman–Crippen LogP) is 3.72. The van der Waals surface area contributed by atoms with Gasteiger partial charge in [0.2, 0.25) is 0 Å². The molecule has 9 heteroatoms. The molecule has 0 fully saturated rings. The molecule has 0 saturated heterocycles. The number of hydrogen-bond donors (Lipinski definition) is 0. The Kier molecular flexibility index (Phi) is 4.99. The molecule has 3 rings (SSSR count). The number of carbonyl (C=O) groups excluding carboxylic acids is 1. The molecule has 2 aromatic heterocycles. The molecule has 0 N–H and O–H groups in total. The summed E-state index contributed by atoms with van der Waals surface area (Å²) in [6.45, 7) is 0. The summed E-state index contributed by atoms with van der Waals surface area (Å²) >= 11 is 6.54. The van der Waals surface area contributed by atoms with Crippen LogP contribution in [-0.4, -0.2) is 30.5 Å². The fourth-order valence-corrected chi connectivity index (χ4v) is 5.09. The number of methoxy groups -OCH3 is 1. The minimum atomic E-state index is -3.95. The van der Waals surface area contributed by atoms with Crippen molar-refractivity contribution in [2.24, 2.45) is 0 Å². The minimum absolute atomic E-state index is 0.104. The first-order chi connectivity index (χ1) is 11.9. The molecule has 0 bridgehead atoms. The molecule has 0 radical (unpaired) electrons. The summed E-state index contributed by atoms with van der Waals surface area (Å²) in [5.74, 6) is -0.620. The predicted molar refractivity (Wildman–Crippen MR) is 100 cm³/mol. The number of aromatic nitrogens is 2. The number of benzene rings is 1. The second-order valence-electron chi connectivity index (χ2n) is 5.03. The third-order valence-corrected chi connectivity index (χ3v) is 6.35. The normalized spacial score (nSPS) is 11.6. The summed E-state index contributed by atoms with van der Waals surface area (Å²) in [5.41, 5.74) is 0.596. The Balaban J connectivity index is 2.46. The highest BCUT2D eigenvalue weighted by Gasteiger charge is 2.30. The molecule has 0 atom stereocenters. The van der Waals surface area contributed by atoms with Crippen LogP contribution in [0.25, 0.3) is 11.0 Å². The third-order valence-electron chi connectivity index (χ3n) is 3.63. The van der Waals surface area contributed by atoms with Crippen molar-refractivity contribution in [2.75, 3.05) is 7.11 Å². The van der Waals surface area contributed by atoms with Crippen molar-refractivity contribution in [1.29, 1.82) is 0 Å². The summed E-state index contributed by atoms with van der Waals surface area (Å²) in [4.78, 5) is 16.7. The Morgan fingerprint density at radius 3 is 2.48 bits per heavy atom. The van der Waals surface area contributed by atoms with Gasteiger partial charge in [0.05, 0.1) is 23.3 Å². The zero-order chi connectivity index (χ0) is 18.2. The van der Waals surface area contributed by atoms with Crippen molar-refractivity contribution in [1.82, 2.24) is 8.96 Å². The van der Waals surface area contributed by atoms with Gasteiger partial charge in [-0.05, 0) is 40.2 Å². The van der Waals surface area contributed by atoms with Crippen molar-refractivity contribution < 1.29 is 17.9 Å². The molecule has 130 valence electrons. The molecule has 0 aliphatic carbocycles. The fraction of sp³-hybridized carbons (Fsp3) is 0.125. The third kappa shape index (κ3) is 3.00. The van der Waals surface area contributed by atoms with Gasteiger partial charge in [0.1, 0.15) is 4.60 Å². The van der Waals surface area contributed by atoms with Crippen molar-refractivity contribution in [3.8, 4) is 0 Å². The molecule has 0 saturated carbocycles. The lowest BCUT2D eigenvalue weighted by atomic mass is 10.2. The second-order valence-corrected chi connectivity index (χ2v) is 8.19. The van der Waals surface area contributed by atoms with E-state index < -0.39 is 16.0 Å². The lowest BCUT2D eigenvalue weighted by molar-refractivity contribution is 0.0602. The van der Waals surface area contributed by atoms with Crippen molar-refractivity contribution in [3.05, 3.63) is 58.3 Å². The summed E-state index contributed by atoms with van der Waals surface area (Å²) in [6, 6.07) is 11.3. The minimum Gasteiger partial charge on any atom is -0.465 e. The van der Waals surface area contributed by atoms with Crippen LogP contribution in [0.1, 0.15) is 16.1 Å². The number of fused-ring (bicyclic) bond motifs is 1. The van der Waals surface area contributed by atoms with Gasteiger partial charge in [-0.2, -0.15) is 0 Å². The number of alkyl halides is 1. The smallest absolute Gasteiger partial charge is 0.340 e. The molecule has 0 aliphatic heterocycles. The van der Waals surface area contributed by atoms with E-state index in [2.05, 4.69) is 36.8 Å². The number of nitrogens with zero attached hydrogens (tertiary/aromatic N) is 2. The molecule has 25 heavy (non-hydrogen) atoms. The van der Waals surface area contributed by atoms with Crippen LogP contribution in [0.2, 0.25) is 0 Å². The molecule has 0 amide bonds. The van der Waals surface area contributed by atoms with Gasteiger partial charge < -0.3 is 4.74 Å². The average Bonchev–Trinajstić information content (AvgIpc) is 2.95. The van der Waals surface area contributed by atoms with E-state index in [4.69, 9.17) is 4.74 Å². The van der Waals surface area contributed by atoms with E-state index in [-0.39, 0.29) is 27.1 Å². The van der Waals surface area contributed by atoms with E-state index in [0.717, 1.165) is 3.97 Å². The largest absolute Gasteiger partial charge is 0.465 e. The maximum absolute atomic E-state index is 13.2. The maximum Gasteiger partial charge on any atom is 0.340 e. The molecular formula is C16H12Br2N2O4S. The van der Waals surface area contributed by atoms with Crippen LogP contribution in [0.4, 0.5) is 0 Å². The zero-order valence-electron chi connectivity index (χ0n) is 12.9. The van der Waals surface area contributed by atoms with Gasteiger partial charge in [0.15, 0.2) is 5.65 Å². The highest BCUT2D eigenvalue weighted by molar-refractivity contribution is 9.10. The molecule has 0 unspecified atom stereocenters. The maximum atomic E-state index is 13.2. The summed E-state index contributed by atoms with van der Waals surface area (Å²) in [6.07, 6.45) is 0. The molecule has 0 aliphatic rings. The van der Waals surface area contributed by atoms with Crippen LogP contribution in [0.3, 0.4) is 0 Å². The Morgan fingerprint density at radius 2 is 1.88 bits per heavy atom. The summed E-state index contributed by atoms with van der Waals surface area (Å²) < 4.78 is 32.8. The lowest BCUT2D eigenvalue weighted by Crippen LogP contribution is -2.17. The Labute approximate surface area is 161 Å². The SMILES string of the molecule is COC(=O)c1c(CBr)n(S(=O)(=O)c2ccccc2)c2nc(Br)ccc12. The van der Waals surface area contributed by atoms with Crippen molar-refractivity contribution in [3.63, 3.8) is 0 Å². The van der Waals surface area contributed by atoms with Crippen LogP contribution >= 0.6 is 31.9 Å². The van der Waals surface area contributed by atoms with E-state index in [1.807, 2.05) is 0 Å². The van der Waals surface area contributed by atoms with Gasteiger partial charge in [-0.1, -0.05) is 34.1 Å². The monoisotopic (exact) mass is 486 g/mol. The highest BCUT2D eigenvalue weighted by Crippen LogP contribution is 2.32. The first kappa shape index (κ1) is 18.1. The quantitative estimate of drug-likeness (QED) is 0.318.